The van der Waals surface area contributed by atoms with Gasteiger partial charge in [0.25, 0.3) is 0 Å². The highest BCUT2D eigenvalue weighted by Gasteiger charge is 2.24. The van der Waals surface area contributed by atoms with E-state index in [4.69, 9.17) is 0 Å². The van der Waals surface area contributed by atoms with Crippen LogP contribution in [0.25, 0.3) is 10.9 Å². The molecular formula is C19H21N3. The van der Waals surface area contributed by atoms with E-state index in [1.165, 1.54) is 33.4 Å². The summed E-state index contributed by atoms with van der Waals surface area (Å²) in [6.07, 6.45) is 1.09. The van der Waals surface area contributed by atoms with Gasteiger partial charge in [0.1, 0.15) is 0 Å². The summed E-state index contributed by atoms with van der Waals surface area (Å²) in [5.41, 5.74) is 6.58. The molecule has 0 amide bonds. The Bertz CT molecular complexity index is 799. The molecule has 22 heavy (non-hydrogen) atoms. The number of fused-ring (bicyclic) bond motifs is 3. The number of para-hydroxylation sites is 1. The van der Waals surface area contributed by atoms with E-state index in [0.717, 1.165) is 13.0 Å². The molecule has 112 valence electrons. The second-order valence-electron chi connectivity index (χ2n) is 6.19. The van der Waals surface area contributed by atoms with Crippen molar-refractivity contribution < 1.29 is 0 Å². The normalized spacial score (nSPS) is 17.5. The topological polar surface area (TPSA) is 31.1 Å². The first-order chi connectivity index (χ1) is 10.7. The van der Waals surface area contributed by atoms with Gasteiger partial charge in [-0.05, 0) is 35.7 Å². The lowest BCUT2D eigenvalue weighted by Crippen LogP contribution is -2.30. The highest BCUT2D eigenvalue weighted by atomic mass is 15.1. The number of aromatic amines is 1. The average molecular weight is 291 g/mol. The van der Waals surface area contributed by atoms with Crippen LogP contribution in [0.3, 0.4) is 0 Å². The van der Waals surface area contributed by atoms with Crippen LogP contribution in [0.1, 0.15) is 22.9 Å². The molecule has 1 unspecified atom stereocenters. The van der Waals surface area contributed by atoms with Crippen LogP contribution in [0.4, 0.5) is 5.69 Å². The molecule has 1 atom stereocenters. The first kappa shape index (κ1) is 13.4. The molecule has 1 aliphatic heterocycles. The molecule has 1 aromatic heterocycles. The number of hydrogen-bond acceptors (Lipinski definition) is 2. The maximum Gasteiger partial charge on any atom is 0.0732 e. The summed E-state index contributed by atoms with van der Waals surface area (Å²) in [7, 11) is 4.15. The van der Waals surface area contributed by atoms with Crippen molar-refractivity contribution in [2.24, 2.45) is 0 Å². The van der Waals surface area contributed by atoms with Crippen molar-refractivity contribution in [1.29, 1.82) is 0 Å². The number of anilines is 1. The smallest absolute Gasteiger partial charge is 0.0732 e. The Hall–Kier alpha value is -2.26. The van der Waals surface area contributed by atoms with Gasteiger partial charge in [-0.15, -0.1) is 0 Å². The summed E-state index contributed by atoms with van der Waals surface area (Å²) < 4.78 is 0. The standard InChI is InChI=1S/C19H21N3/c1-22(2)14-9-7-13(8-10-14)18-19-16(11-12-20-18)15-5-3-4-6-17(15)21-19/h3-10,18,20-21H,11-12H2,1-2H3. The van der Waals surface area contributed by atoms with E-state index in [1.54, 1.807) is 0 Å². The quantitative estimate of drug-likeness (QED) is 0.757. The Kier molecular flexibility index (Phi) is 3.16. The van der Waals surface area contributed by atoms with Crippen molar-refractivity contribution in [3.05, 3.63) is 65.4 Å². The van der Waals surface area contributed by atoms with Crippen LogP contribution in [0.15, 0.2) is 48.5 Å². The van der Waals surface area contributed by atoms with E-state index >= 15 is 0 Å². The van der Waals surface area contributed by atoms with Gasteiger partial charge < -0.3 is 15.2 Å². The van der Waals surface area contributed by atoms with Gasteiger partial charge in [0, 0.05) is 42.9 Å². The molecule has 3 heteroatoms. The Morgan fingerprint density at radius 2 is 1.77 bits per heavy atom. The van der Waals surface area contributed by atoms with E-state index in [9.17, 15) is 0 Å². The fourth-order valence-electron chi connectivity index (χ4n) is 3.43. The fraction of sp³-hybridized carbons (Fsp3) is 0.263. The summed E-state index contributed by atoms with van der Waals surface area (Å²) in [6, 6.07) is 17.7. The van der Waals surface area contributed by atoms with Gasteiger partial charge in [-0.2, -0.15) is 0 Å². The van der Waals surface area contributed by atoms with Crippen molar-refractivity contribution >= 4 is 16.6 Å². The van der Waals surface area contributed by atoms with E-state index in [-0.39, 0.29) is 6.04 Å². The zero-order valence-corrected chi connectivity index (χ0v) is 13.1. The van der Waals surface area contributed by atoms with Crippen molar-refractivity contribution in [2.45, 2.75) is 12.5 Å². The molecule has 0 saturated heterocycles. The van der Waals surface area contributed by atoms with E-state index in [0.29, 0.717) is 0 Å². The molecular weight excluding hydrogens is 270 g/mol. The second-order valence-corrected chi connectivity index (χ2v) is 6.19. The minimum absolute atomic E-state index is 0.257. The number of rotatable bonds is 2. The number of hydrogen-bond donors (Lipinski definition) is 2. The zero-order chi connectivity index (χ0) is 15.1. The highest BCUT2D eigenvalue weighted by molar-refractivity contribution is 5.85. The Balaban J connectivity index is 1.78. The second kappa shape index (κ2) is 5.18. The van der Waals surface area contributed by atoms with Crippen LogP contribution < -0.4 is 10.2 Å². The van der Waals surface area contributed by atoms with Crippen LogP contribution >= 0.6 is 0 Å². The summed E-state index contributed by atoms with van der Waals surface area (Å²) >= 11 is 0. The van der Waals surface area contributed by atoms with Crippen LogP contribution in [0.5, 0.6) is 0 Å². The van der Waals surface area contributed by atoms with Crippen LogP contribution in [0, 0.1) is 0 Å². The summed E-state index contributed by atoms with van der Waals surface area (Å²) in [5.74, 6) is 0. The number of nitrogens with zero attached hydrogens (tertiary/aromatic N) is 1. The van der Waals surface area contributed by atoms with Gasteiger partial charge in [-0.25, -0.2) is 0 Å². The van der Waals surface area contributed by atoms with Gasteiger partial charge in [-0.3, -0.25) is 0 Å². The maximum atomic E-state index is 3.66. The Labute approximate surface area is 131 Å². The van der Waals surface area contributed by atoms with Crippen molar-refractivity contribution in [2.75, 3.05) is 25.5 Å². The molecule has 2 aromatic carbocycles. The van der Waals surface area contributed by atoms with Crippen molar-refractivity contribution in [1.82, 2.24) is 10.3 Å². The van der Waals surface area contributed by atoms with Crippen LogP contribution in [-0.2, 0) is 6.42 Å². The molecule has 0 saturated carbocycles. The van der Waals surface area contributed by atoms with Crippen molar-refractivity contribution in [3.8, 4) is 0 Å². The summed E-state index contributed by atoms with van der Waals surface area (Å²) in [4.78, 5) is 5.76. The molecule has 0 aliphatic carbocycles. The number of nitrogens with one attached hydrogen (secondary N) is 2. The van der Waals surface area contributed by atoms with E-state index in [2.05, 4.69) is 77.8 Å². The number of aromatic nitrogens is 1. The Morgan fingerprint density at radius 1 is 1.00 bits per heavy atom. The fourth-order valence-corrected chi connectivity index (χ4v) is 3.43. The molecule has 4 rings (SSSR count). The average Bonchev–Trinajstić information content (AvgIpc) is 2.93. The molecule has 3 nitrogen and oxygen atoms in total. The third kappa shape index (κ3) is 2.09. The Morgan fingerprint density at radius 3 is 2.55 bits per heavy atom. The number of benzene rings is 2. The predicted molar refractivity (Wildman–Crippen MR) is 92.6 cm³/mol. The van der Waals surface area contributed by atoms with Gasteiger partial charge in [0.2, 0.25) is 0 Å². The third-order valence-electron chi connectivity index (χ3n) is 4.60. The molecule has 1 aliphatic rings. The van der Waals surface area contributed by atoms with Gasteiger partial charge in [0.05, 0.1) is 6.04 Å². The highest BCUT2D eigenvalue weighted by Crippen LogP contribution is 2.33. The van der Waals surface area contributed by atoms with Crippen LogP contribution in [0.2, 0.25) is 0 Å². The summed E-state index contributed by atoms with van der Waals surface area (Å²) in [5, 5.41) is 5.03. The van der Waals surface area contributed by atoms with Gasteiger partial charge in [0.15, 0.2) is 0 Å². The van der Waals surface area contributed by atoms with E-state index in [1.807, 2.05) is 0 Å². The third-order valence-corrected chi connectivity index (χ3v) is 4.60. The molecule has 2 heterocycles. The maximum absolute atomic E-state index is 3.66. The van der Waals surface area contributed by atoms with E-state index < -0.39 is 0 Å². The molecule has 2 N–H and O–H groups in total. The minimum Gasteiger partial charge on any atom is -0.378 e. The summed E-state index contributed by atoms with van der Waals surface area (Å²) in [6.45, 7) is 1.02. The molecule has 0 bridgehead atoms. The molecule has 0 spiro atoms. The SMILES string of the molecule is CN(C)c1ccc(C2NCCc3c2[nH]c2ccccc32)cc1. The zero-order valence-electron chi connectivity index (χ0n) is 13.1. The largest absolute Gasteiger partial charge is 0.378 e. The van der Waals surface area contributed by atoms with Crippen LogP contribution in [-0.4, -0.2) is 25.6 Å². The lowest BCUT2D eigenvalue weighted by atomic mass is 9.94. The molecule has 0 fully saturated rings. The van der Waals surface area contributed by atoms with Gasteiger partial charge in [-0.1, -0.05) is 30.3 Å². The first-order valence-corrected chi connectivity index (χ1v) is 7.84. The lowest BCUT2D eigenvalue weighted by molar-refractivity contribution is 0.560. The van der Waals surface area contributed by atoms with Crippen molar-refractivity contribution in [3.63, 3.8) is 0 Å². The lowest BCUT2D eigenvalue weighted by Gasteiger charge is -2.25. The monoisotopic (exact) mass is 291 g/mol. The predicted octanol–water partition coefficient (Wildman–Crippen LogP) is 3.47. The minimum atomic E-state index is 0.257. The van der Waals surface area contributed by atoms with Gasteiger partial charge >= 0.3 is 0 Å². The molecule has 3 aromatic rings. The number of H-pyrrole nitrogens is 1. The first-order valence-electron chi connectivity index (χ1n) is 7.84. The molecule has 0 radical (unpaired) electrons.